The lowest BCUT2D eigenvalue weighted by molar-refractivity contribution is -0.296. The van der Waals surface area contributed by atoms with E-state index in [1.54, 1.807) is 0 Å². The van der Waals surface area contributed by atoms with Gasteiger partial charge >= 0.3 is 0 Å². The summed E-state index contributed by atoms with van der Waals surface area (Å²) in [5, 5.41) is 20.2. The monoisotopic (exact) mass is 418 g/mol. The lowest BCUT2D eigenvalue weighted by atomic mass is 9.46. The second kappa shape index (κ2) is 8.52. The molecule has 172 valence electrons. The van der Waals surface area contributed by atoms with Crippen LogP contribution in [0.25, 0.3) is 0 Å². The molecule has 2 N–H and O–H groups in total. The molecule has 3 nitrogen and oxygen atoms in total. The Kier molecular flexibility index (Phi) is 6.48. The van der Waals surface area contributed by atoms with Crippen LogP contribution in [0.3, 0.4) is 0 Å². The zero-order valence-electron chi connectivity index (χ0n) is 20.1. The first-order valence-corrected chi connectivity index (χ1v) is 12.9. The third kappa shape index (κ3) is 3.71. The molecule has 0 spiro atoms. The molecule has 0 bridgehead atoms. The van der Waals surface area contributed by atoms with E-state index in [2.05, 4.69) is 40.7 Å². The van der Waals surface area contributed by atoms with Gasteiger partial charge in [-0.1, -0.05) is 65.5 Å². The second-order valence-corrected chi connectivity index (χ2v) is 12.4. The quantitative estimate of drug-likeness (QED) is 0.281. The Morgan fingerprint density at radius 3 is 2.50 bits per heavy atom. The molecule has 0 aromatic carbocycles. The van der Waals surface area contributed by atoms with Crippen LogP contribution in [0, 0.1) is 46.3 Å². The van der Waals surface area contributed by atoms with E-state index in [1.165, 1.54) is 50.5 Å². The van der Waals surface area contributed by atoms with Gasteiger partial charge in [0.25, 0.3) is 0 Å². The molecule has 0 aromatic rings. The molecule has 30 heavy (non-hydrogen) atoms. The number of hydrogen-bond donors (Lipinski definition) is 2. The van der Waals surface area contributed by atoms with E-state index in [9.17, 15) is 10.4 Å². The fourth-order valence-corrected chi connectivity index (χ4v) is 8.73. The molecule has 0 radical (unpaired) electrons. The van der Waals surface area contributed by atoms with Crippen LogP contribution in [0.15, 0.2) is 11.6 Å². The van der Waals surface area contributed by atoms with Gasteiger partial charge in [0.15, 0.2) is 0 Å². The summed E-state index contributed by atoms with van der Waals surface area (Å²) in [7, 11) is 0. The molecule has 0 saturated heterocycles. The average Bonchev–Trinajstić information content (AvgIpc) is 3.05. The van der Waals surface area contributed by atoms with E-state index in [4.69, 9.17) is 4.89 Å². The van der Waals surface area contributed by atoms with Gasteiger partial charge in [-0.3, -0.25) is 5.26 Å². The molecule has 4 aliphatic carbocycles. The Labute approximate surface area is 184 Å². The van der Waals surface area contributed by atoms with Crippen molar-refractivity contribution in [3.05, 3.63) is 11.6 Å². The summed E-state index contributed by atoms with van der Waals surface area (Å²) in [6.07, 6.45) is 13.8. The second-order valence-electron chi connectivity index (χ2n) is 12.4. The Hall–Kier alpha value is -0.380. The summed E-state index contributed by atoms with van der Waals surface area (Å²) in [6, 6.07) is 0. The number of rotatable bonds is 6. The third-order valence-electron chi connectivity index (χ3n) is 10.4. The van der Waals surface area contributed by atoms with Gasteiger partial charge in [0.1, 0.15) is 6.10 Å². The lowest BCUT2D eigenvalue weighted by Gasteiger charge is -2.59. The maximum Gasteiger partial charge on any atom is 0.114 e. The molecule has 3 fully saturated rings. The number of aliphatic hydroxyl groups is 1. The number of aliphatic hydroxyl groups excluding tert-OH is 1. The molecule has 3 heteroatoms. The van der Waals surface area contributed by atoms with Crippen LogP contribution in [0.4, 0.5) is 0 Å². The Morgan fingerprint density at radius 1 is 1.03 bits per heavy atom. The zero-order valence-corrected chi connectivity index (χ0v) is 20.1. The summed E-state index contributed by atoms with van der Waals surface area (Å²) in [6.45, 7) is 12.2. The highest BCUT2D eigenvalue weighted by molar-refractivity contribution is 5.28. The summed E-state index contributed by atoms with van der Waals surface area (Å²) in [5.41, 5.74) is 1.91. The summed E-state index contributed by atoms with van der Waals surface area (Å²) < 4.78 is 0. The van der Waals surface area contributed by atoms with Crippen LogP contribution in [0.2, 0.25) is 0 Å². The smallest absolute Gasteiger partial charge is 0.114 e. The van der Waals surface area contributed by atoms with Gasteiger partial charge < -0.3 is 5.11 Å². The molecule has 4 rings (SSSR count). The van der Waals surface area contributed by atoms with Crippen LogP contribution in [0.5, 0.6) is 0 Å². The van der Waals surface area contributed by atoms with Crippen molar-refractivity contribution in [2.75, 3.05) is 0 Å². The summed E-state index contributed by atoms with van der Waals surface area (Å²) in [5.74, 6) is 4.05. The molecule has 0 amide bonds. The average molecular weight is 419 g/mol. The van der Waals surface area contributed by atoms with Crippen LogP contribution in [-0.4, -0.2) is 22.6 Å². The van der Waals surface area contributed by atoms with Gasteiger partial charge in [-0.05, 0) is 91.3 Å². The Balaban J connectivity index is 1.56. The van der Waals surface area contributed by atoms with Gasteiger partial charge in [0.05, 0.1) is 6.10 Å². The van der Waals surface area contributed by atoms with Crippen LogP contribution < -0.4 is 0 Å². The highest BCUT2D eigenvalue weighted by atomic mass is 17.1. The summed E-state index contributed by atoms with van der Waals surface area (Å²) >= 11 is 0. The standard InChI is InChI=1S/C27H46O3/c1-17(2)7-6-8-18(3)21-9-10-22-25-23(12-14-27(21,22)5)26(4)13-11-20(28)15-19(26)16-24(25)30-29/h16-18,20-25,28-29H,6-15H2,1-5H3/t18-,20+,21?,22+,23+,24+,25+,26+,27-/m1/s1. The maximum absolute atomic E-state index is 10.3. The minimum Gasteiger partial charge on any atom is -0.393 e. The van der Waals surface area contributed by atoms with E-state index in [0.717, 1.165) is 37.0 Å². The van der Waals surface area contributed by atoms with Crippen molar-refractivity contribution in [2.45, 2.75) is 111 Å². The van der Waals surface area contributed by atoms with Crippen molar-refractivity contribution < 1.29 is 15.3 Å². The van der Waals surface area contributed by atoms with Crippen molar-refractivity contribution in [1.29, 1.82) is 0 Å². The van der Waals surface area contributed by atoms with Crippen molar-refractivity contribution in [1.82, 2.24) is 0 Å². The SMILES string of the molecule is CC(C)CCC[C@@H](C)C1CC[C@H]2[C@@H]3[C@@H](OO)C=C4C[C@@H](O)CC[C@]4(C)[C@H]3CC[C@]12C. The van der Waals surface area contributed by atoms with Gasteiger partial charge in [-0.2, -0.15) is 0 Å². The van der Waals surface area contributed by atoms with E-state index in [1.807, 2.05) is 0 Å². The van der Waals surface area contributed by atoms with Crippen molar-refractivity contribution in [3.63, 3.8) is 0 Å². The first kappa shape index (κ1) is 22.8. The van der Waals surface area contributed by atoms with E-state index in [-0.39, 0.29) is 17.6 Å². The Bertz CT molecular complexity index is 642. The molecule has 0 aliphatic heterocycles. The minimum atomic E-state index is -0.225. The van der Waals surface area contributed by atoms with Crippen molar-refractivity contribution >= 4 is 0 Å². The van der Waals surface area contributed by atoms with Crippen LogP contribution in [-0.2, 0) is 4.89 Å². The number of hydrogen-bond acceptors (Lipinski definition) is 3. The molecular weight excluding hydrogens is 372 g/mol. The lowest BCUT2D eigenvalue weighted by Crippen LogP contribution is -2.55. The van der Waals surface area contributed by atoms with Crippen LogP contribution in [0.1, 0.15) is 98.8 Å². The molecular formula is C27H46O3. The largest absolute Gasteiger partial charge is 0.393 e. The fraction of sp³-hybridized carbons (Fsp3) is 0.926. The molecule has 3 saturated carbocycles. The highest BCUT2D eigenvalue weighted by Gasteiger charge is 2.61. The predicted octanol–water partition coefficient (Wildman–Crippen LogP) is 6.86. The minimum absolute atomic E-state index is 0.182. The van der Waals surface area contributed by atoms with Crippen LogP contribution >= 0.6 is 0 Å². The molecule has 9 atom stereocenters. The number of fused-ring (bicyclic) bond motifs is 5. The zero-order chi connectivity index (χ0) is 21.7. The molecule has 4 aliphatic rings. The highest BCUT2D eigenvalue weighted by Crippen LogP contribution is 2.67. The van der Waals surface area contributed by atoms with Crippen molar-refractivity contribution in [3.8, 4) is 0 Å². The first-order chi connectivity index (χ1) is 14.2. The van der Waals surface area contributed by atoms with Crippen molar-refractivity contribution in [2.24, 2.45) is 46.3 Å². The van der Waals surface area contributed by atoms with Gasteiger partial charge in [-0.15, -0.1) is 0 Å². The fourth-order valence-electron chi connectivity index (χ4n) is 8.73. The molecule has 0 aromatic heterocycles. The summed E-state index contributed by atoms with van der Waals surface area (Å²) in [4.78, 5) is 5.17. The van der Waals surface area contributed by atoms with E-state index < -0.39 is 0 Å². The first-order valence-electron chi connectivity index (χ1n) is 12.9. The van der Waals surface area contributed by atoms with E-state index in [0.29, 0.717) is 23.2 Å². The normalized spacial score (nSPS) is 46.7. The van der Waals surface area contributed by atoms with Gasteiger partial charge in [0, 0.05) is 0 Å². The predicted molar refractivity (Wildman–Crippen MR) is 122 cm³/mol. The van der Waals surface area contributed by atoms with Gasteiger partial charge in [0.2, 0.25) is 0 Å². The van der Waals surface area contributed by atoms with Gasteiger partial charge in [-0.25, -0.2) is 4.89 Å². The molecule has 1 unspecified atom stereocenters. The maximum atomic E-state index is 10.3. The topological polar surface area (TPSA) is 49.7 Å². The van der Waals surface area contributed by atoms with E-state index >= 15 is 0 Å². The Morgan fingerprint density at radius 2 is 1.80 bits per heavy atom. The molecule has 0 heterocycles. The third-order valence-corrected chi connectivity index (χ3v) is 10.4.